The van der Waals surface area contributed by atoms with Gasteiger partial charge < -0.3 is 15.4 Å². The number of pyridine rings is 1. The minimum atomic E-state index is -0.108. The van der Waals surface area contributed by atoms with Crippen LogP contribution < -0.4 is 10.6 Å². The SMILES string of the molecule is CCCNc1ccnc(C(=O)NCC2(C)CCOCC2)c1. The second-order valence-electron chi connectivity index (χ2n) is 5.96. The summed E-state index contributed by atoms with van der Waals surface area (Å²) in [5.41, 5.74) is 1.53. The second kappa shape index (κ2) is 7.41. The molecule has 1 amide bonds. The predicted octanol–water partition coefficient (Wildman–Crippen LogP) is 2.45. The molecule has 2 rings (SSSR count). The molecule has 0 aromatic carbocycles. The van der Waals surface area contributed by atoms with Crippen LogP contribution >= 0.6 is 0 Å². The Kier molecular flexibility index (Phi) is 5.56. The summed E-state index contributed by atoms with van der Waals surface area (Å²) >= 11 is 0. The Morgan fingerprint density at radius 2 is 2.19 bits per heavy atom. The number of hydrogen-bond donors (Lipinski definition) is 2. The van der Waals surface area contributed by atoms with Crippen molar-refractivity contribution in [3.05, 3.63) is 24.0 Å². The average Bonchev–Trinajstić information content (AvgIpc) is 2.52. The number of amides is 1. The van der Waals surface area contributed by atoms with E-state index in [9.17, 15) is 4.79 Å². The molecule has 1 aromatic heterocycles. The Hall–Kier alpha value is -1.62. The number of anilines is 1. The van der Waals surface area contributed by atoms with Crippen LogP contribution in [0.1, 0.15) is 43.6 Å². The number of aromatic nitrogens is 1. The van der Waals surface area contributed by atoms with Crippen LogP contribution in [0.25, 0.3) is 0 Å². The van der Waals surface area contributed by atoms with Gasteiger partial charge in [0.2, 0.25) is 0 Å². The molecule has 0 atom stereocenters. The number of ether oxygens (including phenoxy) is 1. The third-order valence-electron chi connectivity index (χ3n) is 3.95. The number of rotatable bonds is 6. The Bertz CT molecular complexity index is 470. The van der Waals surface area contributed by atoms with Crippen molar-refractivity contribution in [3.8, 4) is 0 Å². The zero-order chi connectivity index (χ0) is 15.1. The Labute approximate surface area is 126 Å². The van der Waals surface area contributed by atoms with Gasteiger partial charge in [-0.15, -0.1) is 0 Å². The zero-order valence-electron chi connectivity index (χ0n) is 12.9. The van der Waals surface area contributed by atoms with E-state index in [4.69, 9.17) is 4.74 Å². The van der Waals surface area contributed by atoms with Gasteiger partial charge in [0.25, 0.3) is 5.91 Å². The van der Waals surface area contributed by atoms with Gasteiger partial charge in [-0.1, -0.05) is 13.8 Å². The van der Waals surface area contributed by atoms with Gasteiger partial charge in [-0.05, 0) is 36.8 Å². The smallest absolute Gasteiger partial charge is 0.269 e. The summed E-state index contributed by atoms with van der Waals surface area (Å²) in [7, 11) is 0. The van der Waals surface area contributed by atoms with Crippen molar-refractivity contribution in [1.82, 2.24) is 10.3 Å². The number of carbonyl (C=O) groups is 1. The molecule has 1 fully saturated rings. The van der Waals surface area contributed by atoms with Crippen LogP contribution in [0.3, 0.4) is 0 Å². The summed E-state index contributed by atoms with van der Waals surface area (Å²) in [4.78, 5) is 16.4. The Morgan fingerprint density at radius 3 is 2.90 bits per heavy atom. The zero-order valence-corrected chi connectivity index (χ0v) is 12.9. The van der Waals surface area contributed by atoms with Crippen LogP contribution in [-0.2, 0) is 4.74 Å². The van der Waals surface area contributed by atoms with Crippen LogP contribution in [0.15, 0.2) is 18.3 Å². The highest BCUT2D eigenvalue weighted by Gasteiger charge is 2.27. The molecule has 5 heteroatoms. The molecule has 116 valence electrons. The fraction of sp³-hybridized carbons (Fsp3) is 0.625. The Balaban J connectivity index is 1.90. The molecule has 1 aliphatic heterocycles. The van der Waals surface area contributed by atoms with E-state index in [1.165, 1.54) is 0 Å². The summed E-state index contributed by atoms with van der Waals surface area (Å²) in [5.74, 6) is -0.108. The van der Waals surface area contributed by atoms with Crippen LogP contribution in [0.5, 0.6) is 0 Å². The maximum absolute atomic E-state index is 12.2. The molecular weight excluding hydrogens is 266 g/mol. The van der Waals surface area contributed by atoms with Gasteiger partial charge in [-0.2, -0.15) is 0 Å². The van der Waals surface area contributed by atoms with Gasteiger partial charge in [0.15, 0.2) is 0 Å². The summed E-state index contributed by atoms with van der Waals surface area (Å²) < 4.78 is 5.38. The molecule has 0 radical (unpaired) electrons. The maximum atomic E-state index is 12.2. The predicted molar refractivity (Wildman–Crippen MR) is 83.5 cm³/mol. The van der Waals surface area contributed by atoms with E-state index in [1.54, 1.807) is 12.3 Å². The standard InChI is InChI=1S/C16H25N3O2/c1-3-7-17-13-4-8-18-14(11-13)15(20)19-12-16(2)5-9-21-10-6-16/h4,8,11H,3,5-7,9-10,12H2,1-2H3,(H,17,18)(H,19,20). The third kappa shape index (κ3) is 4.70. The second-order valence-corrected chi connectivity index (χ2v) is 5.96. The van der Waals surface area contributed by atoms with Gasteiger partial charge in [-0.25, -0.2) is 0 Å². The highest BCUT2D eigenvalue weighted by Crippen LogP contribution is 2.28. The van der Waals surface area contributed by atoms with Crippen LogP contribution in [0.4, 0.5) is 5.69 Å². The molecule has 0 bridgehead atoms. The molecule has 0 saturated carbocycles. The van der Waals surface area contributed by atoms with Gasteiger partial charge >= 0.3 is 0 Å². The molecule has 5 nitrogen and oxygen atoms in total. The number of nitrogens with zero attached hydrogens (tertiary/aromatic N) is 1. The highest BCUT2D eigenvalue weighted by molar-refractivity contribution is 5.93. The van der Waals surface area contributed by atoms with Crippen molar-refractivity contribution in [3.63, 3.8) is 0 Å². The number of hydrogen-bond acceptors (Lipinski definition) is 4. The van der Waals surface area contributed by atoms with Gasteiger partial charge in [0.05, 0.1) is 0 Å². The van der Waals surface area contributed by atoms with Gasteiger partial charge in [0, 0.05) is 38.2 Å². The normalized spacial score (nSPS) is 17.2. The molecule has 1 saturated heterocycles. The van der Waals surface area contributed by atoms with Crippen LogP contribution in [-0.4, -0.2) is 37.2 Å². The van der Waals surface area contributed by atoms with Crippen molar-refractivity contribution in [1.29, 1.82) is 0 Å². The molecule has 0 unspecified atom stereocenters. The van der Waals surface area contributed by atoms with Crippen molar-refractivity contribution in [2.75, 3.05) is 31.6 Å². The fourth-order valence-electron chi connectivity index (χ4n) is 2.36. The largest absolute Gasteiger partial charge is 0.385 e. The van der Waals surface area contributed by atoms with Gasteiger partial charge in [-0.3, -0.25) is 9.78 Å². The minimum Gasteiger partial charge on any atom is -0.385 e. The lowest BCUT2D eigenvalue weighted by Gasteiger charge is -2.33. The molecule has 0 aliphatic carbocycles. The summed E-state index contributed by atoms with van der Waals surface area (Å²) in [6.07, 6.45) is 4.69. The van der Waals surface area contributed by atoms with Gasteiger partial charge in [0.1, 0.15) is 5.69 Å². The van der Waals surface area contributed by atoms with Crippen LogP contribution in [0.2, 0.25) is 0 Å². The molecular formula is C16H25N3O2. The van der Waals surface area contributed by atoms with E-state index >= 15 is 0 Å². The van der Waals surface area contributed by atoms with Crippen molar-refractivity contribution < 1.29 is 9.53 Å². The van der Waals surface area contributed by atoms with E-state index in [0.29, 0.717) is 12.2 Å². The van der Waals surface area contributed by atoms with Crippen molar-refractivity contribution in [2.24, 2.45) is 5.41 Å². The average molecular weight is 291 g/mol. The lowest BCUT2D eigenvalue weighted by molar-refractivity contribution is 0.0238. The summed E-state index contributed by atoms with van der Waals surface area (Å²) in [6.45, 7) is 7.42. The van der Waals surface area contributed by atoms with Crippen molar-refractivity contribution in [2.45, 2.75) is 33.1 Å². The summed E-state index contributed by atoms with van der Waals surface area (Å²) in [6, 6.07) is 3.68. The lowest BCUT2D eigenvalue weighted by Crippen LogP contribution is -2.39. The molecule has 2 N–H and O–H groups in total. The third-order valence-corrected chi connectivity index (χ3v) is 3.95. The first-order chi connectivity index (χ1) is 10.1. The van der Waals surface area contributed by atoms with E-state index in [2.05, 4.69) is 29.5 Å². The fourth-order valence-corrected chi connectivity index (χ4v) is 2.36. The van der Waals surface area contributed by atoms with E-state index < -0.39 is 0 Å². The topological polar surface area (TPSA) is 63.2 Å². The molecule has 21 heavy (non-hydrogen) atoms. The monoisotopic (exact) mass is 291 g/mol. The molecule has 2 heterocycles. The summed E-state index contributed by atoms with van der Waals surface area (Å²) in [5, 5.41) is 6.27. The first kappa shape index (κ1) is 15.8. The highest BCUT2D eigenvalue weighted by atomic mass is 16.5. The molecule has 1 aromatic rings. The van der Waals surface area contributed by atoms with Crippen LogP contribution in [0, 0.1) is 5.41 Å². The quantitative estimate of drug-likeness (QED) is 0.845. The number of nitrogens with one attached hydrogen (secondary N) is 2. The maximum Gasteiger partial charge on any atom is 0.269 e. The van der Waals surface area contributed by atoms with E-state index in [-0.39, 0.29) is 11.3 Å². The lowest BCUT2D eigenvalue weighted by atomic mass is 9.82. The Morgan fingerprint density at radius 1 is 1.43 bits per heavy atom. The number of carbonyl (C=O) groups excluding carboxylic acids is 1. The molecule has 1 aliphatic rings. The molecule has 0 spiro atoms. The van der Waals surface area contributed by atoms with E-state index in [0.717, 1.165) is 44.7 Å². The first-order valence-electron chi connectivity index (χ1n) is 7.69. The first-order valence-corrected chi connectivity index (χ1v) is 7.69. The van der Waals surface area contributed by atoms with E-state index in [1.807, 2.05) is 6.07 Å². The minimum absolute atomic E-state index is 0.108. The van der Waals surface area contributed by atoms with Crippen molar-refractivity contribution >= 4 is 11.6 Å².